The summed E-state index contributed by atoms with van der Waals surface area (Å²) in [6.07, 6.45) is 2.47. The molecule has 0 radical (unpaired) electrons. The first kappa shape index (κ1) is 14.7. The van der Waals surface area contributed by atoms with Gasteiger partial charge in [0.15, 0.2) is 11.6 Å². The molecule has 110 valence electrons. The molecule has 0 spiro atoms. The van der Waals surface area contributed by atoms with Gasteiger partial charge in [-0.2, -0.15) is 0 Å². The number of piperazine rings is 1. The van der Waals surface area contributed by atoms with Gasteiger partial charge in [0.1, 0.15) is 0 Å². The van der Waals surface area contributed by atoms with Crippen LogP contribution in [-0.4, -0.2) is 53.4 Å². The molecule has 0 aliphatic carbocycles. The van der Waals surface area contributed by atoms with E-state index in [1.54, 1.807) is 4.90 Å². The molecule has 0 unspecified atom stereocenters. The highest BCUT2D eigenvalue weighted by Gasteiger charge is 2.24. The minimum atomic E-state index is -0.698. The number of carbonyl (C=O) groups is 1. The molecule has 3 N–H and O–H groups in total. The number of nitrogen functional groups attached to an aromatic ring is 1. The molecule has 2 rings (SSSR count). The van der Waals surface area contributed by atoms with Crippen LogP contribution in [0.3, 0.4) is 0 Å². The van der Waals surface area contributed by atoms with Gasteiger partial charge >= 0.3 is 0 Å². The first-order valence-electron chi connectivity index (χ1n) is 6.80. The van der Waals surface area contributed by atoms with E-state index in [1.165, 1.54) is 12.3 Å². The topological polar surface area (TPSA) is 74.5 Å². The van der Waals surface area contributed by atoms with Gasteiger partial charge in [-0.3, -0.25) is 9.69 Å². The quantitative estimate of drug-likeness (QED) is 0.627. The molecule has 0 atom stereocenters. The fourth-order valence-electron chi connectivity index (χ4n) is 2.37. The molecule has 0 saturated carbocycles. The highest BCUT2D eigenvalue weighted by Crippen LogP contribution is 2.17. The van der Waals surface area contributed by atoms with Crippen LogP contribution in [0.2, 0.25) is 0 Å². The maximum atomic E-state index is 14.0. The molecule has 20 heavy (non-hydrogen) atoms. The Morgan fingerprint density at radius 1 is 1.45 bits per heavy atom. The van der Waals surface area contributed by atoms with E-state index in [-0.39, 0.29) is 17.3 Å². The first-order valence-corrected chi connectivity index (χ1v) is 6.80. The predicted molar refractivity (Wildman–Crippen MR) is 74.6 cm³/mol. The molecule has 1 amide bonds. The molecule has 6 nitrogen and oxygen atoms in total. The van der Waals surface area contributed by atoms with Gasteiger partial charge in [0.05, 0.1) is 5.56 Å². The van der Waals surface area contributed by atoms with Crippen LogP contribution in [0.5, 0.6) is 0 Å². The first-order chi connectivity index (χ1) is 9.67. The SMILES string of the molecule is CCCN1CCN(C(=O)c2ccnc(NN)c2F)CC1. The van der Waals surface area contributed by atoms with Crippen LogP contribution in [0.1, 0.15) is 23.7 Å². The van der Waals surface area contributed by atoms with Gasteiger partial charge in [-0.05, 0) is 19.0 Å². The van der Waals surface area contributed by atoms with Crippen LogP contribution < -0.4 is 11.3 Å². The number of halogens is 1. The van der Waals surface area contributed by atoms with Gasteiger partial charge in [-0.15, -0.1) is 0 Å². The van der Waals surface area contributed by atoms with Crippen LogP contribution in [0.4, 0.5) is 10.2 Å². The monoisotopic (exact) mass is 281 g/mol. The van der Waals surface area contributed by atoms with Crippen molar-refractivity contribution >= 4 is 11.7 Å². The fraction of sp³-hybridized carbons (Fsp3) is 0.538. The molecule has 1 fully saturated rings. The maximum absolute atomic E-state index is 14.0. The van der Waals surface area contributed by atoms with E-state index in [1.807, 2.05) is 0 Å². The van der Waals surface area contributed by atoms with Crippen molar-refractivity contribution in [3.63, 3.8) is 0 Å². The number of rotatable bonds is 4. The maximum Gasteiger partial charge on any atom is 0.257 e. The predicted octanol–water partition coefficient (Wildman–Crippen LogP) is 0.674. The van der Waals surface area contributed by atoms with Crippen LogP contribution in [0.15, 0.2) is 12.3 Å². The van der Waals surface area contributed by atoms with Crippen molar-refractivity contribution in [1.29, 1.82) is 0 Å². The summed E-state index contributed by atoms with van der Waals surface area (Å²) >= 11 is 0. The zero-order valence-corrected chi connectivity index (χ0v) is 11.6. The lowest BCUT2D eigenvalue weighted by molar-refractivity contribution is 0.0633. The smallest absolute Gasteiger partial charge is 0.257 e. The number of hydrogen-bond acceptors (Lipinski definition) is 5. The van der Waals surface area contributed by atoms with Crippen LogP contribution in [0, 0.1) is 5.82 Å². The van der Waals surface area contributed by atoms with Gasteiger partial charge in [0, 0.05) is 32.4 Å². The van der Waals surface area contributed by atoms with Crippen molar-refractivity contribution in [2.45, 2.75) is 13.3 Å². The third-order valence-electron chi connectivity index (χ3n) is 3.46. The van der Waals surface area contributed by atoms with Crippen molar-refractivity contribution in [2.24, 2.45) is 5.84 Å². The number of nitrogens with one attached hydrogen (secondary N) is 1. The Kier molecular flexibility index (Phi) is 4.86. The molecule has 0 aromatic carbocycles. The van der Waals surface area contributed by atoms with Gasteiger partial charge in [-0.1, -0.05) is 6.92 Å². The summed E-state index contributed by atoms with van der Waals surface area (Å²) in [5.41, 5.74) is 2.16. The second kappa shape index (κ2) is 6.62. The molecule has 2 heterocycles. The Labute approximate surface area is 117 Å². The normalized spacial score (nSPS) is 16.2. The summed E-state index contributed by atoms with van der Waals surface area (Å²) in [5.74, 6) is 4.05. The summed E-state index contributed by atoms with van der Waals surface area (Å²) in [5, 5.41) is 0. The average molecular weight is 281 g/mol. The Morgan fingerprint density at radius 3 is 2.75 bits per heavy atom. The molecule has 7 heteroatoms. The number of aromatic nitrogens is 1. The zero-order chi connectivity index (χ0) is 14.5. The third kappa shape index (κ3) is 3.05. The second-order valence-corrected chi connectivity index (χ2v) is 4.80. The van der Waals surface area contributed by atoms with Crippen LogP contribution >= 0.6 is 0 Å². The number of anilines is 1. The fourth-order valence-corrected chi connectivity index (χ4v) is 2.37. The molecule has 0 bridgehead atoms. The Hall–Kier alpha value is -1.73. The van der Waals surface area contributed by atoms with E-state index in [0.717, 1.165) is 26.1 Å². The van der Waals surface area contributed by atoms with E-state index < -0.39 is 5.82 Å². The van der Waals surface area contributed by atoms with Gasteiger partial charge < -0.3 is 10.3 Å². The standard InChI is InChI=1S/C13H20FN5O/c1-2-5-18-6-8-19(9-7-18)13(20)10-3-4-16-12(17-15)11(10)14/h3-4H,2,5-9,15H2,1H3,(H,16,17). The largest absolute Gasteiger partial charge is 0.336 e. The molecular formula is C13H20FN5O. The lowest BCUT2D eigenvalue weighted by Gasteiger charge is -2.34. The number of pyridine rings is 1. The molecule has 1 aromatic heterocycles. The van der Waals surface area contributed by atoms with E-state index in [2.05, 4.69) is 22.2 Å². The number of nitrogens with two attached hydrogens (primary N) is 1. The zero-order valence-electron chi connectivity index (χ0n) is 11.6. The summed E-state index contributed by atoms with van der Waals surface area (Å²) in [7, 11) is 0. The van der Waals surface area contributed by atoms with Gasteiger partial charge in [0.25, 0.3) is 5.91 Å². The minimum Gasteiger partial charge on any atom is -0.336 e. The Morgan fingerprint density at radius 2 is 2.15 bits per heavy atom. The summed E-state index contributed by atoms with van der Waals surface area (Å²) in [6, 6.07) is 1.39. The molecule has 1 saturated heterocycles. The van der Waals surface area contributed by atoms with E-state index in [9.17, 15) is 9.18 Å². The molecule has 1 aliphatic rings. The Bertz CT molecular complexity index is 474. The number of amides is 1. The number of nitrogens with zero attached hydrogens (tertiary/aromatic N) is 3. The number of carbonyl (C=O) groups excluding carboxylic acids is 1. The highest BCUT2D eigenvalue weighted by atomic mass is 19.1. The van der Waals surface area contributed by atoms with Crippen molar-refractivity contribution < 1.29 is 9.18 Å². The molecular weight excluding hydrogens is 261 g/mol. The lowest BCUT2D eigenvalue weighted by atomic mass is 10.2. The molecule has 1 aliphatic heterocycles. The van der Waals surface area contributed by atoms with Crippen molar-refractivity contribution in [2.75, 3.05) is 38.1 Å². The highest BCUT2D eigenvalue weighted by molar-refractivity contribution is 5.95. The van der Waals surface area contributed by atoms with E-state index in [4.69, 9.17) is 5.84 Å². The van der Waals surface area contributed by atoms with Crippen LogP contribution in [0.25, 0.3) is 0 Å². The van der Waals surface area contributed by atoms with E-state index in [0.29, 0.717) is 13.1 Å². The van der Waals surface area contributed by atoms with Crippen LogP contribution in [-0.2, 0) is 0 Å². The summed E-state index contributed by atoms with van der Waals surface area (Å²) < 4.78 is 14.0. The van der Waals surface area contributed by atoms with Crippen molar-refractivity contribution in [1.82, 2.24) is 14.8 Å². The molecule has 1 aromatic rings. The van der Waals surface area contributed by atoms with Gasteiger partial charge in [-0.25, -0.2) is 15.2 Å². The van der Waals surface area contributed by atoms with Gasteiger partial charge in [0.2, 0.25) is 0 Å². The van der Waals surface area contributed by atoms with Crippen molar-refractivity contribution in [3.05, 3.63) is 23.6 Å². The summed E-state index contributed by atoms with van der Waals surface area (Å²) in [6.45, 7) is 6.05. The van der Waals surface area contributed by atoms with E-state index >= 15 is 0 Å². The minimum absolute atomic E-state index is 0.0110. The second-order valence-electron chi connectivity index (χ2n) is 4.80. The lowest BCUT2D eigenvalue weighted by Crippen LogP contribution is -2.49. The number of hydrogen-bond donors (Lipinski definition) is 2. The average Bonchev–Trinajstić information content (AvgIpc) is 2.48. The third-order valence-corrected chi connectivity index (χ3v) is 3.46. The van der Waals surface area contributed by atoms with Crippen molar-refractivity contribution in [3.8, 4) is 0 Å². The Balaban J connectivity index is 2.06. The summed E-state index contributed by atoms with van der Waals surface area (Å²) in [4.78, 5) is 20.0. The number of hydrazine groups is 1.